The summed E-state index contributed by atoms with van der Waals surface area (Å²) in [5.41, 5.74) is 0.715. The largest absolute Gasteiger partial charge is 0.350 e. The fourth-order valence-electron chi connectivity index (χ4n) is 3.54. The Bertz CT molecular complexity index is 791. The van der Waals surface area contributed by atoms with E-state index < -0.39 is 0 Å². The van der Waals surface area contributed by atoms with Gasteiger partial charge in [-0.05, 0) is 31.9 Å². The quantitative estimate of drug-likeness (QED) is 0.728. The van der Waals surface area contributed by atoms with Crippen LogP contribution in [0.3, 0.4) is 0 Å². The minimum absolute atomic E-state index is 0.0579. The lowest BCUT2D eigenvalue weighted by molar-refractivity contribution is -0.0969. The Morgan fingerprint density at radius 3 is 2.89 bits per heavy atom. The smallest absolute Gasteiger partial charge is 0.255 e. The summed E-state index contributed by atoms with van der Waals surface area (Å²) in [4.78, 5) is 20.2. The average molecular weight is 389 g/mol. The Kier molecular flexibility index (Phi) is 5.75. The molecule has 0 radical (unpaired) electrons. The van der Waals surface area contributed by atoms with Gasteiger partial charge in [-0.25, -0.2) is 0 Å². The first-order valence-corrected chi connectivity index (χ1v) is 10.2. The van der Waals surface area contributed by atoms with E-state index in [0.29, 0.717) is 42.8 Å². The SMILES string of the molecule is Cc1noc(CSc2ccccc2C(=O)N2CCCC(C3OCCO3)C2)n1. The van der Waals surface area contributed by atoms with E-state index in [9.17, 15) is 4.79 Å². The summed E-state index contributed by atoms with van der Waals surface area (Å²) in [7, 11) is 0. The van der Waals surface area contributed by atoms with Gasteiger partial charge in [-0.3, -0.25) is 4.79 Å². The zero-order chi connectivity index (χ0) is 18.6. The lowest BCUT2D eigenvalue weighted by Gasteiger charge is -2.35. The molecular formula is C19H23N3O4S. The topological polar surface area (TPSA) is 77.7 Å². The number of aryl methyl sites for hydroxylation is 1. The first-order chi connectivity index (χ1) is 13.2. The molecule has 7 nitrogen and oxygen atoms in total. The lowest BCUT2D eigenvalue weighted by Crippen LogP contribution is -2.44. The third-order valence-corrected chi connectivity index (χ3v) is 5.87. The molecule has 2 aliphatic rings. The molecule has 0 aliphatic carbocycles. The number of likely N-dealkylation sites (tertiary alicyclic amines) is 1. The van der Waals surface area contributed by atoms with Gasteiger partial charge in [0, 0.05) is 23.9 Å². The Hall–Kier alpha value is -1.90. The Balaban J connectivity index is 1.44. The highest BCUT2D eigenvalue weighted by molar-refractivity contribution is 7.98. The van der Waals surface area contributed by atoms with E-state index in [2.05, 4.69) is 10.1 Å². The van der Waals surface area contributed by atoms with Crippen LogP contribution in [-0.2, 0) is 15.2 Å². The van der Waals surface area contributed by atoms with Crippen LogP contribution in [0.15, 0.2) is 33.7 Å². The standard InChI is InChI=1S/C19H23N3O4S/c1-13-20-17(26-21-13)12-27-16-7-3-2-6-15(16)18(23)22-8-4-5-14(11-22)19-24-9-10-25-19/h2-3,6-7,14,19H,4-5,8-12H2,1H3. The van der Waals surface area contributed by atoms with Crippen LogP contribution < -0.4 is 0 Å². The van der Waals surface area contributed by atoms with Crippen LogP contribution in [0.5, 0.6) is 0 Å². The van der Waals surface area contributed by atoms with E-state index in [1.165, 1.54) is 11.8 Å². The van der Waals surface area contributed by atoms with Crippen LogP contribution in [0.4, 0.5) is 0 Å². The third-order valence-electron chi connectivity index (χ3n) is 4.82. The van der Waals surface area contributed by atoms with E-state index >= 15 is 0 Å². The van der Waals surface area contributed by atoms with Crippen molar-refractivity contribution in [1.82, 2.24) is 15.0 Å². The van der Waals surface area contributed by atoms with Crippen LogP contribution in [-0.4, -0.2) is 53.5 Å². The maximum Gasteiger partial charge on any atom is 0.255 e. The Morgan fingerprint density at radius 2 is 2.11 bits per heavy atom. The van der Waals surface area contributed by atoms with Gasteiger partial charge in [-0.2, -0.15) is 4.98 Å². The number of piperidine rings is 1. The van der Waals surface area contributed by atoms with Crippen LogP contribution in [0.25, 0.3) is 0 Å². The van der Waals surface area contributed by atoms with Crippen molar-refractivity contribution in [3.8, 4) is 0 Å². The molecule has 1 atom stereocenters. The second-order valence-electron chi connectivity index (χ2n) is 6.78. The lowest BCUT2D eigenvalue weighted by atomic mass is 9.96. The molecule has 0 spiro atoms. The van der Waals surface area contributed by atoms with Gasteiger partial charge < -0.3 is 18.9 Å². The molecule has 1 unspecified atom stereocenters. The van der Waals surface area contributed by atoms with Gasteiger partial charge >= 0.3 is 0 Å². The van der Waals surface area contributed by atoms with Crippen molar-refractivity contribution in [2.75, 3.05) is 26.3 Å². The average Bonchev–Trinajstić information content (AvgIpc) is 3.38. The van der Waals surface area contributed by atoms with E-state index in [4.69, 9.17) is 14.0 Å². The second kappa shape index (κ2) is 8.41. The summed E-state index contributed by atoms with van der Waals surface area (Å²) in [6.45, 7) is 4.52. The zero-order valence-corrected chi connectivity index (χ0v) is 16.1. The number of aromatic nitrogens is 2. The summed E-state index contributed by atoms with van der Waals surface area (Å²) in [6, 6.07) is 7.69. The molecule has 2 saturated heterocycles. The molecule has 1 amide bonds. The molecule has 0 N–H and O–H groups in total. The first-order valence-electron chi connectivity index (χ1n) is 9.24. The Morgan fingerprint density at radius 1 is 1.30 bits per heavy atom. The normalized spacial score (nSPS) is 20.9. The second-order valence-corrected chi connectivity index (χ2v) is 7.80. The number of carbonyl (C=O) groups excluding carboxylic acids is 1. The third kappa shape index (κ3) is 4.34. The summed E-state index contributed by atoms with van der Waals surface area (Å²) in [5.74, 6) is 2.02. The van der Waals surface area contributed by atoms with Gasteiger partial charge in [0.1, 0.15) is 0 Å². The summed E-state index contributed by atoms with van der Waals surface area (Å²) in [6.07, 6.45) is 1.82. The number of hydrogen-bond acceptors (Lipinski definition) is 7. The van der Waals surface area contributed by atoms with Crippen LogP contribution in [0, 0.1) is 12.8 Å². The summed E-state index contributed by atoms with van der Waals surface area (Å²) >= 11 is 1.54. The van der Waals surface area contributed by atoms with Crippen LogP contribution in [0.1, 0.15) is 34.9 Å². The van der Waals surface area contributed by atoms with Crippen molar-refractivity contribution >= 4 is 17.7 Å². The molecule has 1 aromatic carbocycles. The molecule has 1 aromatic heterocycles. The van der Waals surface area contributed by atoms with E-state index in [1.54, 1.807) is 6.92 Å². The van der Waals surface area contributed by atoms with Crippen molar-refractivity contribution in [2.24, 2.45) is 5.92 Å². The highest BCUT2D eigenvalue weighted by Crippen LogP contribution is 2.30. The number of ether oxygens (including phenoxy) is 2. The number of benzene rings is 1. The minimum Gasteiger partial charge on any atom is -0.350 e. The minimum atomic E-state index is -0.175. The highest BCUT2D eigenvalue weighted by Gasteiger charge is 2.33. The molecule has 0 bridgehead atoms. The fourth-order valence-corrected chi connectivity index (χ4v) is 4.42. The molecule has 8 heteroatoms. The van der Waals surface area contributed by atoms with Gasteiger partial charge in [0.25, 0.3) is 5.91 Å². The van der Waals surface area contributed by atoms with Gasteiger partial charge in [0.2, 0.25) is 5.89 Å². The summed E-state index contributed by atoms with van der Waals surface area (Å²) < 4.78 is 16.5. The van der Waals surface area contributed by atoms with Crippen LogP contribution >= 0.6 is 11.8 Å². The monoisotopic (exact) mass is 389 g/mol. The predicted molar refractivity (Wildman–Crippen MR) is 99.4 cm³/mol. The van der Waals surface area contributed by atoms with E-state index in [1.807, 2.05) is 29.2 Å². The summed E-state index contributed by atoms with van der Waals surface area (Å²) in [5, 5.41) is 3.81. The fraction of sp³-hybridized carbons (Fsp3) is 0.526. The van der Waals surface area contributed by atoms with Crippen molar-refractivity contribution in [3.63, 3.8) is 0 Å². The Labute approximate surface area is 162 Å². The molecule has 2 aliphatic heterocycles. The molecule has 3 heterocycles. The molecular weight excluding hydrogens is 366 g/mol. The maximum atomic E-state index is 13.2. The first kappa shape index (κ1) is 18.5. The molecule has 2 fully saturated rings. The number of thioether (sulfide) groups is 1. The van der Waals surface area contributed by atoms with Crippen molar-refractivity contribution in [1.29, 1.82) is 0 Å². The van der Waals surface area contributed by atoms with Crippen LogP contribution in [0.2, 0.25) is 0 Å². The van der Waals surface area contributed by atoms with Crippen molar-refractivity contribution in [3.05, 3.63) is 41.5 Å². The van der Waals surface area contributed by atoms with Gasteiger partial charge in [0.05, 0.1) is 24.5 Å². The molecule has 0 saturated carbocycles. The van der Waals surface area contributed by atoms with Crippen molar-refractivity contribution in [2.45, 2.75) is 36.7 Å². The van der Waals surface area contributed by atoms with Gasteiger partial charge in [0.15, 0.2) is 12.1 Å². The molecule has 144 valence electrons. The predicted octanol–water partition coefficient (Wildman–Crippen LogP) is 2.90. The number of hydrogen-bond donors (Lipinski definition) is 0. The molecule has 2 aromatic rings. The zero-order valence-electron chi connectivity index (χ0n) is 15.3. The van der Waals surface area contributed by atoms with Gasteiger partial charge in [-0.1, -0.05) is 17.3 Å². The van der Waals surface area contributed by atoms with E-state index in [-0.39, 0.29) is 18.1 Å². The number of nitrogens with zero attached hydrogens (tertiary/aromatic N) is 3. The number of rotatable bonds is 5. The number of carbonyl (C=O) groups is 1. The molecule has 27 heavy (non-hydrogen) atoms. The number of amides is 1. The molecule has 4 rings (SSSR count). The van der Waals surface area contributed by atoms with Gasteiger partial charge in [-0.15, -0.1) is 11.8 Å². The van der Waals surface area contributed by atoms with Crippen molar-refractivity contribution < 1.29 is 18.8 Å². The maximum absolute atomic E-state index is 13.2. The highest BCUT2D eigenvalue weighted by atomic mass is 32.2. The van der Waals surface area contributed by atoms with E-state index in [0.717, 1.165) is 24.3 Å².